The van der Waals surface area contributed by atoms with Crippen molar-refractivity contribution in [1.29, 1.82) is 0 Å². The number of likely N-dealkylation sites (tertiary alicyclic amines) is 1. The fourth-order valence-corrected chi connectivity index (χ4v) is 3.26. The van der Waals surface area contributed by atoms with Crippen LogP contribution < -0.4 is 5.32 Å². The van der Waals surface area contributed by atoms with Crippen molar-refractivity contribution >= 4 is 5.91 Å². The van der Waals surface area contributed by atoms with Crippen LogP contribution in [0.25, 0.3) is 0 Å². The lowest BCUT2D eigenvalue weighted by Gasteiger charge is -2.29. The number of hydrogen-bond donors (Lipinski definition) is 2. The summed E-state index contributed by atoms with van der Waals surface area (Å²) >= 11 is 0. The fraction of sp³-hybridized carbons (Fsp3) is 0.588. The van der Waals surface area contributed by atoms with Gasteiger partial charge < -0.3 is 10.4 Å². The van der Waals surface area contributed by atoms with Crippen molar-refractivity contribution in [2.24, 2.45) is 0 Å². The highest BCUT2D eigenvalue weighted by Gasteiger charge is 2.52. The van der Waals surface area contributed by atoms with Crippen molar-refractivity contribution in [2.45, 2.75) is 50.0 Å². The predicted octanol–water partition coefficient (Wildman–Crippen LogP) is 1.77. The van der Waals surface area contributed by atoms with Gasteiger partial charge in [0.05, 0.1) is 6.04 Å². The molecule has 0 aliphatic carbocycles. The van der Waals surface area contributed by atoms with E-state index in [2.05, 4.69) is 5.32 Å². The molecule has 1 heterocycles. The maximum atomic E-state index is 14.3. The number of nitrogens with zero attached hydrogens (tertiary/aromatic N) is 1. The SMILES string of the molecule is CNC(=O)C[C@@H]1[C@H](F)[C@H](O)C(C(F)F)N1CCCc1ccccc1. The van der Waals surface area contributed by atoms with Crippen LogP contribution in [0.2, 0.25) is 0 Å². The molecule has 24 heavy (non-hydrogen) atoms. The topological polar surface area (TPSA) is 52.6 Å². The van der Waals surface area contributed by atoms with Crippen molar-refractivity contribution in [1.82, 2.24) is 10.2 Å². The van der Waals surface area contributed by atoms with Crippen molar-refractivity contribution in [2.75, 3.05) is 13.6 Å². The molecular weight excluding hydrogens is 321 g/mol. The second-order valence-electron chi connectivity index (χ2n) is 6.03. The van der Waals surface area contributed by atoms with Crippen LogP contribution >= 0.6 is 0 Å². The van der Waals surface area contributed by atoms with Gasteiger partial charge in [-0.05, 0) is 24.9 Å². The first-order valence-corrected chi connectivity index (χ1v) is 8.06. The Hall–Kier alpha value is -1.60. The van der Waals surface area contributed by atoms with Gasteiger partial charge in [-0.25, -0.2) is 13.2 Å². The summed E-state index contributed by atoms with van der Waals surface area (Å²) in [7, 11) is 1.41. The maximum Gasteiger partial charge on any atom is 0.256 e. The normalized spacial score (nSPS) is 27.6. The number of aryl methyl sites for hydroxylation is 1. The number of alkyl halides is 3. The number of aliphatic hydroxyl groups is 1. The molecule has 1 saturated heterocycles. The van der Waals surface area contributed by atoms with E-state index in [4.69, 9.17) is 0 Å². The number of benzene rings is 1. The van der Waals surface area contributed by atoms with Gasteiger partial charge >= 0.3 is 0 Å². The van der Waals surface area contributed by atoms with Crippen LogP contribution in [0.5, 0.6) is 0 Å². The Labute approximate surface area is 139 Å². The molecule has 1 amide bonds. The zero-order valence-electron chi connectivity index (χ0n) is 13.5. The molecule has 0 radical (unpaired) electrons. The van der Waals surface area contributed by atoms with Crippen molar-refractivity contribution in [3.05, 3.63) is 35.9 Å². The van der Waals surface area contributed by atoms with E-state index in [0.29, 0.717) is 12.8 Å². The molecule has 0 bridgehead atoms. The van der Waals surface area contributed by atoms with E-state index in [9.17, 15) is 23.1 Å². The molecular formula is C17H23F3N2O2. The number of carbonyl (C=O) groups excluding carboxylic acids is 1. The Kier molecular flexibility index (Phi) is 6.62. The first-order valence-electron chi connectivity index (χ1n) is 8.06. The van der Waals surface area contributed by atoms with Gasteiger partial charge in [-0.15, -0.1) is 0 Å². The van der Waals surface area contributed by atoms with Crippen molar-refractivity contribution in [3.63, 3.8) is 0 Å². The molecule has 0 spiro atoms. The highest BCUT2D eigenvalue weighted by molar-refractivity contribution is 5.76. The Balaban J connectivity index is 2.05. The zero-order chi connectivity index (χ0) is 17.7. The molecule has 1 aliphatic heterocycles. The molecule has 7 heteroatoms. The van der Waals surface area contributed by atoms with Gasteiger partial charge in [-0.2, -0.15) is 0 Å². The molecule has 0 aromatic heterocycles. The number of hydrogen-bond acceptors (Lipinski definition) is 3. The van der Waals surface area contributed by atoms with Crippen LogP contribution in [-0.4, -0.2) is 60.3 Å². The summed E-state index contributed by atoms with van der Waals surface area (Å²) in [5.41, 5.74) is 1.06. The number of carbonyl (C=O) groups is 1. The lowest BCUT2D eigenvalue weighted by Crippen LogP contribution is -2.45. The molecule has 4 nitrogen and oxygen atoms in total. The van der Waals surface area contributed by atoms with Gasteiger partial charge in [-0.1, -0.05) is 30.3 Å². The third-order valence-electron chi connectivity index (χ3n) is 4.51. The number of amides is 1. The summed E-state index contributed by atoms with van der Waals surface area (Å²) in [4.78, 5) is 12.8. The minimum absolute atomic E-state index is 0.197. The summed E-state index contributed by atoms with van der Waals surface area (Å²) in [6.45, 7) is 0.197. The average molecular weight is 344 g/mol. The highest BCUT2D eigenvalue weighted by atomic mass is 19.3. The van der Waals surface area contributed by atoms with Crippen LogP contribution in [0.1, 0.15) is 18.4 Å². The second-order valence-corrected chi connectivity index (χ2v) is 6.03. The third-order valence-corrected chi connectivity index (χ3v) is 4.51. The van der Waals surface area contributed by atoms with Crippen LogP contribution in [0.3, 0.4) is 0 Å². The largest absolute Gasteiger partial charge is 0.388 e. The molecule has 4 atom stereocenters. The molecule has 1 aromatic carbocycles. The summed E-state index contributed by atoms with van der Waals surface area (Å²) in [5, 5.41) is 12.2. The maximum absolute atomic E-state index is 14.3. The molecule has 1 aromatic rings. The van der Waals surface area contributed by atoms with E-state index >= 15 is 0 Å². The van der Waals surface area contributed by atoms with E-state index in [1.807, 2.05) is 30.3 Å². The van der Waals surface area contributed by atoms with Gasteiger partial charge in [0.25, 0.3) is 6.43 Å². The first-order chi connectivity index (χ1) is 11.5. The lowest BCUT2D eigenvalue weighted by molar-refractivity contribution is -0.122. The molecule has 1 aliphatic rings. The number of halogens is 3. The predicted molar refractivity (Wildman–Crippen MR) is 84.6 cm³/mol. The van der Waals surface area contributed by atoms with Gasteiger partial charge in [-0.3, -0.25) is 9.69 Å². The quantitative estimate of drug-likeness (QED) is 0.793. The van der Waals surface area contributed by atoms with Crippen LogP contribution in [0.15, 0.2) is 30.3 Å². The van der Waals surface area contributed by atoms with Crippen molar-refractivity contribution < 1.29 is 23.1 Å². The van der Waals surface area contributed by atoms with E-state index in [0.717, 1.165) is 5.56 Å². The molecule has 134 valence electrons. The van der Waals surface area contributed by atoms with Crippen molar-refractivity contribution in [3.8, 4) is 0 Å². The number of rotatable bonds is 7. The summed E-state index contributed by atoms with van der Waals surface area (Å²) in [5.74, 6) is -0.433. The smallest absolute Gasteiger partial charge is 0.256 e. The second kappa shape index (κ2) is 8.48. The molecule has 0 saturated carbocycles. The van der Waals surface area contributed by atoms with E-state index in [1.165, 1.54) is 11.9 Å². The van der Waals surface area contributed by atoms with Gasteiger partial charge in [0.2, 0.25) is 5.91 Å². The number of nitrogens with one attached hydrogen (secondary N) is 1. The van der Waals surface area contributed by atoms with Gasteiger partial charge in [0, 0.05) is 13.5 Å². The third kappa shape index (κ3) is 4.27. The monoisotopic (exact) mass is 344 g/mol. The van der Waals surface area contributed by atoms with E-state index in [-0.39, 0.29) is 13.0 Å². The van der Waals surface area contributed by atoms with Crippen LogP contribution in [0.4, 0.5) is 13.2 Å². The highest BCUT2D eigenvalue weighted by Crippen LogP contribution is 2.33. The van der Waals surface area contributed by atoms with E-state index in [1.54, 1.807) is 0 Å². The minimum atomic E-state index is -2.87. The van der Waals surface area contributed by atoms with Gasteiger partial charge in [0.1, 0.15) is 18.3 Å². The Morgan fingerprint density at radius 3 is 2.58 bits per heavy atom. The number of aliphatic hydroxyl groups excluding tert-OH is 1. The van der Waals surface area contributed by atoms with E-state index < -0.39 is 36.7 Å². The summed E-state index contributed by atoms with van der Waals surface area (Å²) in [6.07, 6.45) is -5.56. The van der Waals surface area contributed by atoms with Gasteiger partial charge in [0.15, 0.2) is 0 Å². The minimum Gasteiger partial charge on any atom is -0.388 e. The molecule has 2 N–H and O–H groups in total. The zero-order valence-corrected chi connectivity index (χ0v) is 13.5. The fourth-order valence-electron chi connectivity index (χ4n) is 3.26. The Morgan fingerprint density at radius 2 is 2.00 bits per heavy atom. The average Bonchev–Trinajstić information content (AvgIpc) is 2.80. The van der Waals surface area contributed by atoms with Crippen LogP contribution in [-0.2, 0) is 11.2 Å². The summed E-state index contributed by atoms with van der Waals surface area (Å²) < 4.78 is 40.9. The molecule has 2 rings (SSSR count). The van der Waals surface area contributed by atoms with Crippen LogP contribution in [0, 0.1) is 0 Å². The standard InChI is InChI=1S/C17H23F3N2O2/c1-21-13(23)10-12-14(18)16(24)15(17(19)20)22(12)9-5-8-11-6-3-2-4-7-11/h2-4,6-7,12,14-17,24H,5,8-10H2,1H3,(H,21,23)/t12-,14+,15?,16+/m1/s1. The Bertz CT molecular complexity index is 530. The summed E-state index contributed by atoms with van der Waals surface area (Å²) in [6, 6.07) is 6.93. The Morgan fingerprint density at radius 1 is 1.33 bits per heavy atom. The molecule has 1 unspecified atom stereocenters. The first kappa shape index (κ1) is 18.7. The molecule has 1 fully saturated rings. The lowest BCUT2D eigenvalue weighted by atomic mass is 10.1.